The zero-order chi connectivity index (χ0) is 24.1. The highest BCUT2D eigenvalue weighted by molar-refractivity contribution is 5.95. The van der Waals surface area contributed by atoms with E-state index in [0.717, 1.165) is 5.56 Å². The van der Waals surface area contributed by atoms with Crippen LogP contribution in [0.4, 0.5) is 0 Å². The molecule has 1 aromatic heterocycles. The van der Waals surface area contributed by atoms with Gasteiger partial charge in [0.15, 0.2) is 12.4 Å². The van der Waals surface area contributed by atoms with Crippen molar-refractivity contribution in [2.45, 2.75) is 33.2 Å². The molecule has 1 unspecified atom stereocenters. The van der Waals surface area contributed by atoms with Crippen LogP contribution < -0.4 is 4.74 Å². The topological polar surface area (TPSA) is 88.8 Å². The molecule has 2 aromatic carbocycles. The lowest BCUT2D eigenvalue weighted by Crippen LogP contribution is -2.50. The minimum Gasteiger partial charge on any atom is -0.484 e. The van der Waals surface area contributed by atoms with E-state index in [9.17, 15) is 9.59 Å². The van der Waals surface area contributed by atoms with Crippen LogP contribution in [0.5, 0.6) is 5.75 Å². The van der Waals surface area contributed by atoms with Crippen molar-refractivity contribution in [1.82, 2.24) is 19.9 Å². The summed E-state index contributed by atoms with van der Waals surface area (Å²) in [6.07, 6.45) is 0.462. The maximum absolute atomic E-state index is 12.6. The van der Waals surface area contributed by atoms with E-state index in [0.29, 0.717) is 55.6 Å². The smallest absolute Gasteiger partial charge is 0.260 e. The van der Waals surface area contributed by atoms with E-state index in [1.54, 1.807) is 24.3 Å². The molecule has 8 heteroatoms. The average Bonchev–Trinajstić information content (AvgIpc) is 3.37. The Hall–Kier alpha value is -3.52. The Bertz CT molecular complexity index is 1120. The van der Waals surface area contributed by atoms with Crippen molar-refractivity contribution in [3.05, 3.63) is 65.5 Å². The second kappa shape index (κ2) is 10.6. The summed E-state index contributed by atoms with van der Waals surface area (Å²) < 4.78 is 11.2. The van der Waals surface area contributed by atoms with Gasteiger partial charge in [0.2, 0.25) is 11.7 Å². The number of ketones is 1. The minimum atomic E-state index is -0.0551. The number of hydrogen-bond donors (Lipinski definition) is 0. The van der Waals surface area contributed by atoms with Crippen LogP contribution in [0.15, 0.2) is 53.1 Å². The first-order valence-electron chi connectivity index (χ1n) is 11.6. The summed E-state index contributed by atoms with van der Waals surface area (Å²) in [6, 6.07) is 14.9. The van der Waals surface area contributed by atoms with Crippen LogP contribution in [0, 0.1) is 6.92 Å². The summed E-state index contributed by atoms with van der Waals surface area (Å²) in [5.41, 5.74) is 2.76. The molecule has 0 bridgehead atoms. The molecule has 1 atom stereocenters. The molecule has 0 aliphatic carbocycles. The Morgan fingerprint density at radius 3 is 2.35 bits per heavy atom. The lowest BCUT2D eigenvalue weighted by molar-refractivity contribution is -0.135. The second-order valence-electron chi connectivity index (χ2n) is 8.50. The first-order valence-corrected chi connectivity index (χ1v) is 11.6. The largest absolute Gasteiger partial charge is 0.484 e. The van der Waals surface area contributed by atoms with Crippen LogP contribution in [0.2, 0.25) is 0 Å². The highest BCUT2D eigenvalue weighted by Gasteiger charge is 2.28. The van der Waals surface area contributed by atoms with Gasteiger partial charge in [0.05, 0.1) is 6.04 Å². The Morgan fingerprint density at radius 2 is 1.71 bits per heavy atom. The summed E-state index contributed by atoms with van der Waals surface area (Å²) >= 11 is 0. The Morgan fingerprint density at radius 1 is 1.03 bits per heavy atom. The third kappa shape index (κ3) is 5.51. The monoisotopic (exact) mass is 462 g/mol. The SMILES string of the molecule is CCC(=O)c1ccc(OCC(=O)N2CCN(C(C)c3nc(-c4ccc(C)cc4)no3)CC2)cc1. The number of hydrogen-bond acceptors (Lipinski definition) is 7. The van der Waals surface area contributed by atoms with Gasteiger partial charge in [0, 0.05) is 43.7 Å². The van der Waals surface area contributed by atoms with Gasteiger partial charge < -0.3 is 14.2 Å². The second-order valence-corrected chi connectivity index (χ2v) is 8.50. The van der Waals surface area contributed by atoms with Crippen molar-refractivity contribution in [3.63, 3.8) is 0 Å². The molecule has 0 N–H and O–H groups in total. The van der Waals surface area contributed by atoms with E-state index in [1.165, 1.54) is 5.56 Å². The van der Waals surface area contributed by atoms with E-state index in [2.05, 4.69) is 15.0 Å². The fourth-order valence-corrected chi connectivity index (χ4v) is 3.92. The normalized spacial score (nSPS) is 15.2. The molecule has 34 heavy (non-hydrogen) atoms. The quantitative estimate of drug-likeness (QED) is 0.469. The standard InChI is InChI=1S/C26H30N4O4/c1-4-23(31)20-9-11-22(12-10-20)33-17-24(32)30-15-13-29(14-16-30)19(3)26-27-25(28-34-26)21-7-5-18(2)6-8-21/h5-12,19H,4,13-17H2,1-3H3. The zero-order valence-electron chi connectivity index (χ0n) is 19.9. The molecule has 1 saturated heterocycles. The maximum atomic E-state index is 12.6. The van der Waals surface area contributed by atoms with Crippen LogP contribution in [0.3, 0.4) is 0 Å². The van der Waals surface area contributed by atoms with Gasteiger partial charge in [-0.3, -0.25) is 14.5 Å². The summed E-state index contributed by atoms with van der Waals surface area (Å²) in [4.78, 5) is 33.0. The molecular formula is C26H30N4O4. The lowest BCUT2D eigenvalue weighted by atomic mass is 10.1. The first-order chi connectivity index (χ1) is 16.4. The maximum Gasteiger partial charge on any atom is 0.260 e. The molecule has 1 aliphatic rings. The molecule has 1 aliphatic heterocycles. The van der Waals surface area contributed by atoms with Crippen molar-refractivity contribution in [3.8, 4) is 17.1 Å². The lowest BCUT2D eigenvalue weighted by Gasteiger charge is -2.36. The van der Waals surface area contributed by atoms with Crippen LogP contribution in [0.1, 0.15) is 48.1 Å². The predicted molar refractivity (Wildman–Crippen MR) is 128 cm³/mol. The Kier molecular flexibility index (Phi) is 7.37. The molecule has 0 saturated carbocycles. The third-order valence-corrected chi connectivity index (χ3v) is 6.18. The van der Waals surface area contributed by atoms with Gasteiger partial charge in [-0.05, 0) is 38.1 Å². The predicted octanol–water partition coefficient (Wildman–Crippen LogP) is 3.92. The zero-order valence-corrected chi connectivity index (χ0v) is 19.9. The number of nitrogens with zero attached hydrogens (tertiary/aromatic N) is 4. The summed E-state index contributed by atoms with van der Waals surface area (Å²) in [7, 11) is 0. The van der Waals surface area contributed by atoms with Crippen molar-refractivity contribution in [1.29, 1.82) is 0 Å². The molecule has 8 nitrogen and oxygen atoms in total. The van der Waals surface area contributed by atoms with Crippen LogP contribution in [0.25, 0.3) is 11.4 Å². The molecule has 1 amide bonds. The molecule has 2 heterocycles. The Balaban J connectivity index is 1.26. The van der Waals surface area contributed by atoms with Gasteiger partial charge in [0.1, 0.15) is 5.75 Å². The number of aromatic nitrogens is 2. The van der Waals surface area contributed by atoms with E-state index in [1.807, 2.05) is 49.9 Å². The molecular weight excluding hydrogens is 432 g/mol. The highest BCUT2D eigenvalue weighted by atomic mass is 16.5. The van der Waals surface area contributed by atoms with Gasteiger partial charge >= 0.3 is 0 Å². The number of carbonyl (C=O) groups excluding carboxylic acids is 2. The van der Waals surface area contributed by atoms with Gasteiger partial charge in [0.25, 0.3) is 5.91 Å². The minimum absolute atomic E-state index is 0.0276. The number of ether oxygens (including phenoxy) is 1. The molecule has 4 rings (SSSR count). The van der Waals surface area contributed by atoms with Gasteiger partial charge in [-0.2, -0.15) is 4.98 Å². The number of piperazine rings is 1. The first kappa shape index (κ1) is 23.6. The van der Waals surface area contributed by atoms with Crippen LogP contribution in [-0.2, 0) is 4.79 Å². The van der Waals surface area contributed by atoms with Crippen LogP contribution >= 0.6 is 0 Å². The van der Waals surface area contributed by atoms with Crippen LogP contribution in [-0.4, -0.2) is 64.4 Å². The summed E-state index contributed by atoms with van der Waals surface area (Å²) in [5, 5.41) is 4.14. The van der Waals surface area contributed by atoms with Crippen molar-refractivity contribution < 1.29 is 18.8 Å². The number of rotatable bonds is 8. The molecule has 178 valence electrons. The number of benzene rings is 2. The molecule has 3 aromatic rings. The van der Waals surface area contributed by atoms with E-state index < -0.39 is 0 Å². The number of amides is 1. The van der Waals surface area contributed by atoms with E-state index in [-0.39, 0.29) is 24.3 Å². The molecule has 0 radical (unpaired) electrons. The number of carbonyl (C=O) groups is 2. The third-order valence-electron chi connectivity index (χ3n) is 6.18. The van der Waals surface area contributed by atoms with Crippen molar-refractivity contribution in [2.24, 2.45) is 0 Å². The average molecular weight is 463 g/mol. The van der Waals surface area contributed by atoms with E-state index >= 15 is 0 Å². The molecule has 0 spiro atoms. The van der Waals surface area contributed by atoms with Crippen molar-refractivity contribution >= 4 is 11.7 Å². The fraction of sp³-hybridized carbons (Fsp3) is 0.385. The van der Waals surface area contributed by atoms with Gasteiger partial charge in [-0.1, -0.05) is 41.9 Å². The Labute approximate surface area is 199 Å². The van der Waals surface area contributed by atoms with E-state index in [4.69, 9.17) is 9.26 Å². The fourth-order valence-electron chi connectivity index (χ4n) is 3.92. The van der Waals surface area contributed by atoms with Crippen molar-refractivity contribution in [2.75, 3.05) is 32.8 Å². The summed E-state index contributed by atoms with van der Waals surface area (Å²) in [5.74, 6) is 1.76. The highest BCUT2D eigenvalue weighted by Crippen LogP contribution is 2.24. The van der Waals surface area contributed by atoms with Gasteiger partial charge in [-0.15, -0.1) is 0 Å². The molecule has 1 fully saturated rings. The number of aryl methyl sites for hydroxylation is 1. The number of Topliss-reactive ketones (excluding diaryl/α,β-unsaturated/α-hetero) is 1. The van der Waals surface area contributed by atoms with Gasteiger partial charge in [-0.25, -0.2) is 0 Å². The summed E-state index contributed by atoms with van der Waals surface area (Å²) in [6.45, 7) is 8.52.